The molecule has 0 spiro atoms. The molecule has 4 aliphatic rings. The monoisotopic (exact) mass is 1390 g/mol. The second kappa shape index (κ2) is 40.7. The van der Waals surface area contributed by atoms with Crippen molar-refractivity contribution in [2.75, 3.05) is 13.1 Å². The van der Waals surface area contributed by atoms with Gasteiger partial charge in [-0.3, -0.25) is 38.6 Å². The van der Waals surface area contributed by atoms with Crippen molar-refractivity contribution in [3.05, 3.63) is 77.2 Å². The van der Waals surface area contributed by atoms with Gasteiger partial charge in [0.25, 0.3) is 35.4 Å². The fraction of sp³-hybridized carbons (Fsp3) is 0.683. The normalized spacial score (nSPS) is 15.4. The number of hydrogen-bond donors (Lipinski definition) is 0. The third kappa shape index (κ3) is 19.5. The molecule has 0 fully saturated rings. The number of imide groups is 2. The first kappa shape index (κ1) is 77.2. The quantitative estimate of drug-likeness (QED) is 0.0321. The van der Waals surface area contributed by atoms with Crippen LogP contribution in [0.15, 0.2) is 35.4 Å². The van der Waals surface area contributed by atoms with Crippen LogP contribution in [0.4, 0.5) is 0 Å². The van der Waals surface area contributed by atoms with Gasteiger partial charge >= 0.3 is 0 Å². The fourth-order valence-electron chi connectivity index (χ4n) is 15.4. The molecule has 8 rings (SSSR count). The molecule has 4 aliphatic heterocycles. The van der Waals surface area contributed by atoms with Crippen molar-refractivity contribution in [2.45, 2.75) is 350 Å². The van der Waals surface area contributed by atoms with Gasteiger partial charge in [-0.1, -0.05) is 286 Å². The first-order chi connectivity index (χ1) is 46.9. The zero-order chi connectivity index (χ0) is 68.3. The van der Waals surface area contributed by atoms with Gasteiger partial charge in [-0.25, -0.2) is 0 Å². The zero-order valence-electron chi connectivity index (χ0n) is 60.9. The molecule has 0 N–H and O–H groups in total. The predicted molar refractivity (Wildman–Crippen MR) is 408 cm³/mol. The van der Waals surface area contributed by atoms with Crippen LogP contribution in [0.25, 0.3) is 30.9 Å². The van der Waals surface area contributed by atoms with Gasteiger partial charge in [0, 0.05) is 39.8 Å². The lowest BCUT2D eigenvalue weighted by Crippen LogP contribution is -2.39. The Hall–Kier alpha value is -4.50. The number of hydrogen-bond acceptors (Lipinski definition) is 10. The van der Waals surface area contributed by atoms with Crippen LogP contribution in [0.3, 0.4) is 0 Å². The standard InChI is InChI=1S/C82H122N4O6S4/c1-9-15-21-27-33-35-39-45-51-61(49-43-37-29-23-17-11-3)85-72(63-54-53-59(7)93-63)67-68(82(85)92)73(86(81(67)91)62(50-44-38-30-24-18-12-4)52-46-40-36-34-28-22-16-10-2)64-55-56-65(95-64)74-70-71(80(90)84(79(70)89)58-48-42-32-26-20-14-6)76(96-74)75-69-66(60(8)94-75)77(87)83(78(69)88)57-47-41-31-25-19-13-5/h53-56,61-62H,9-52,57-58H2,1-8H3. The van der Waals surface area contributed by atoms with Crippen LogP contribution in [0.5, 0.6) is 0 Å². The molecule has 0 saturated carbocycles. The summed E-state index contributed by atoms with van der Waals surface area (Å²) in [4.78, 5) is 106. The molecule has 0 aliphatic carbocycles. The van der Waals surface area contributed by atoms with E-state index in [1.165, 1.54) is 172 Å². The van der Waals surface area contributed by atoms with Crippen molar-refractivity contribution < 1.29 is 28.8 Å². The summed E-state index contributed by atoms with van der Waals surface area (Å²) in [6.45, 7) is 18.1. The lowest BCUT2D eigenvalue weighted by molar-refractivity contribution is -0.125. The van der Waals surface area contributed by atoms with Crippen molar-refractivity contribution in [3.63, 3.8) is 0 Å². The maximum absolute atomic E-state index is 16.6. The molecule has 8 heterocycles. The van der Waals surface area contributed by atoms with Crippen LogP contribution in [-0.2, 0) is 9.59 Å². The number of fused-ring (bicyclic) bond motifs is 3. The maximum atomic E-state index is 16.6. The van der Waals surface area contributed by atoms with Crippen molar-refractivity contribution in [1.82, 2.24) is 19.6 Å². The van der Waals surface area contributed by atoms with Gasteiger partial charge in [0.05, 0.1) is 69.2 Å². The first-order valence-corrected chi connectivity index (χ1v) is 42.5. The van der Waals surface area contributed by atoms with E-state index in [9.17, 15) is 9.59 Å². The van der Waals surface area contributed by atoms with Gasteiger partial charge in [0.15, 0.2) is 0 Å². The van der Waals surface area contributed by atoms with Crippen LogP contribution >= 0.6 is 45.3 Å². The van der Waals surface area contributed by atoms with E-state index in [2.05, 4.69) is 82.5 Å². The van der Waals surface area contributed by atoms with Crippen LogP contribution in [0.1, 0.15) is 385 Å². The predicted octanol–water partition coefficient (Wildman–Crippen LogP) is 24.9. The average Bonchev–Trinajstić information content (AvgIpc) is 1.55. The number of thiophene rings is 4. The summed E-state index contributed by atoms with van der Waals surface area (Å²) < 4.78 is 0. The number of rotatable bonds is 52. The molecule has 4 aromatic heterocycles. The maximum Gasteiger partial charge on any atom is 0.263 e. The molecule has 2 unspecified atom stereocenters. The largest absolute Gasteiger partial charge is 0.303 e. The van der Waals surface area contributed by atoms with Gasteiger partial charge in [0.2, 0.25) is 0 Å². The van der Waals surface area contributed by atoms with E-state index in [-0.39, 0.29) is 47.5 Å². The number of amides is 6. The van der Waals surface area contributed by atoms with Crippen molar-refractivity contribution in [2.24, 2.45) is 0 Å². The van der Waals surface area contributed by atoms with Gasteiger partial charge in [-0.05, 0) is 76.6 Å². The molecule has 14 heteroatoms. The van der Waals surface area contributed by atoms with Crippen molar-refractivity contribution >= 4 is 92.2 Å². The van der Waals surface area contributed by atoms with Gasteiger partial charge in [-0.2, -0.15) is 0 Å². The van der Waals surface area contributed by atoms with E-state index in [0.29, 0.717) is 73.2 Å². The Bertz CT molecular complexity index is 3230. The van der Waals surface area contributed by atoms with Crippen molar-refractivity contribution in [3.8, 4) is 19.5 Å². The van der Waals surface area contributed by atoms with Gasteiger partial charge in [-0.15, -0.1) is 45.3 Å². The molecular formula is C82H122N4O6S4. The Morgan fingerprint density at radius 3 is 0.948 bits per heavy atom. The van der Waals surface area contributed by atoms with Gasteiger partial charge in [0.1, 0.15) is 0 Å². The summed E-state index contributed by atoms with van der Waals surface area (Å²) in [6, 6.07) is 8.24. The summed E-state index contributed by atoms with van der Waals surface area (Å²) in [5.41, 5.74) is 4.01. The SMILES string of the molecule is CCCCCCCCCCC(CCCCCCCC)N1C(=O)C2=C(c3ccc(-c4sc(-c5sc(C)c6c5C(=O)N(CCCCCCCC)C6=O)c5c4C(=O)N(CCCCCCCC)C5=O)s3)N(C(CCCCCCCC)CCCCCCCCCC)C(=O)C2=C1c1ccc(C)s1. The number of unbranched alkanes of at least 4 members (excludes halogenated alkanes) is 34. The number of carbonyl (C=O) groups is 6. The minimum Gasteiger partial charge on any atom is -0.303 e. The molecule has 0 saturated heterocycles. The highest BCUT2D eigenvalue weighted by Crippen LogP contribution is 2.56. The highest BCUT2D eigenvalue weighted by molar-refractivity contribution is 7.27. The number of carbonyl (C=O) groups excluding carboxylic acids is 6. The second-order valence-electron chi connectivity index (χ2n) is 28.6. The Labute approximate surface area is 596 Å². The van der Waals surface area contributed by atoms with Crippen LogP contribution in [0.2, 0.25) is 0 Å². The van der Waals surface area contributed by atoms with Crippen molar-refractivity contribution in [1.29, 1.82) is 0 Å². The number of aryl methyl sites for hydroxylation is 2. The Balaban J connectivity index is 1.26. The minimum atomic E-state index is -0.348. The minimum absolute atomic E-state index is 0.0634. The molecule has 0 bridgehead atoms. The lowest BCUT2D eigenvalue weighted by Gasteiger charge is -2.34. The summed E-state index contributed by atoms with van der Waals surface area (Å²) in [7, 11) is 0. The molecule has 0 aromatic carbocycles. The molecular weight excluding hydrogens is 1270 g/mol. The topological polar surface area (TPSA) is 115 Å². The zero-order valence-corrected chi connectivity index (χ0v) is 64.1. The van der Waals surface area contributed by atoms with Crippen LogP contribution < -0.4 is 0 Å². The molecule has 2 atom stereocenters. The fourth-order valence-corrected chi connectivity index (χ4v) is 20.0. The first-order valence-electron chi connectivity index (χ1n) is 39.2. The Kier molecular flexibility index (Phi) is 32.7. The van der Waals surface area contributed by atoms with E-state index in [1.54, 1.807) is 11.3 Å². The molecule has 10 nitrogen and oxygen atoms in total. The summed E-state index contributed by atoms with van der Waals surface area (Å²) in [5.74, 6) is -1.40. The molecule has 530 valence electrons. The molecule has 0 radical (unpaired) electrons. The van der Waals surface area contributed by atoms with E-state index >= 15 is 19.2 Å². The number of nitrogens with zero attached hydrogens (tertiary/aromatic N) is 4. The molecule has 6 amide bonds. The van der Waals surface area contributed by atoms with E-state index < -0.39 is 0 Å². The Morgan fingerprint density at radius 1 is 0.292 bits per heavy atom. The third-order valence-corrected chi connectivity index (χ3v) is 25.6. The average molecular weight is 1390 g/mol. The summed E-state index contributed by atoms with van der Waals surface area (Å²) in [5, 5.41) is 0. The third-order valence-electron chi connectivity index (χ3n) is 20.9. The highest BCUT2D eigenvalue weighted by atomic mass is 32.1. The van der Waals surface area contributed by atoms with Gasteiger partial charge < -0.3 is 9.80 Å². The van der Waals surface area contributed by atoms with E-state index in [4.69, 9.17) is 0 Å². The lowest BCUT2D eigenvalue weighted by atomic mass is 9.97. The van der Waals surface area contributed by atoms with Crippen LogP contribution in [0, 0.1) is 13.8 Å². The van der Waals surface area contributed by atoms with E-state index in [1.807, 2.05) is 6.92 Å². The van der Waals surface area contributed by atoms with Crippen LogP contribution in [-0.4, -0.2) is 80.2 Å². The van der Waals surface area contributed by atoms with E-state index in [0.717, 1.165) is 178 Å². The molecule has 4 aromatic rings. The molecule has 96 heavy (non-hydrogen) atoms. The smallest absolute Gasteiger partial charge is 0.263 e. The second-order valence-corrected chi connectivity index (χ2v) is 33.2. The summed E-state index contributed by atoms with van der Waals surface area (Å²) >= 11 is 5.95. The Morgan fingerprint density at radius 2 is 0.583 bits per heavy atom. The highest BCUT2D eigenvalue weighted by Gasteiger charge is 2.53. The summed E-state index contributed by atoms with van der Waals surface area (Å²) in [6.07, 6.45) is 48.7.